The number of hydrogen-bond donors (Lipinski definition) is 0. The molecule has 0 fully saturated rings. The average molecular weight is 1130 g/mol. The number of carbonyl (C=O) groups is 4. The molecule has 4 heterocycles. The number of carbonyl (C=O) groups excluding carboxylic acids is 4. The minimum absolute atomic E-state index is 0.193. The molecule has 0 radical (unpaired) electrons. The highest BCUT2D eigenvalue weighted by Gasteiger charge is 2.36. The molecule has 10 rings (SSSR count). The van der Waals surface area contributed by atoms with E-state index in [-0.39, 0.29) is 46.1 Å². The summed E-state index contributed by atoms with van der Waals surface area (Å²) in [6, 6.07) is 34.2. The third-order valence-electron chi connectivity index (χ3n) is 16.6. The Bertz CT molecular complexity index is 3960. The van der Waals surface area contributed by atoms with Crippen molar-refractivity contribution >= 4 is 79.6 Å². The summed E-state index contributed by atoms with van der Waals surface area (Å²) in [6.45, 7) is 36.1. The Balaban J connectivity index is 1.31. The normalized spacial score (nSPS) is 16.5. The van der Waals surface area contributed by atoms with Gasteiger partial charge in [0.25, 0.3) is 0 Å². The zero-order chi connectivity index (χ0) is 57.5. The van der Waals surface area contributed by atoms with Gasteiger partial charge in [-0.15, -0.1) is 45.3 Å². The van der Waals surface area contributed by atoms with Crippen molar-refractivity contribution in [2.75, 3.05) is 0 Å². The lowest BCUT2D eigenvalue weighted by molar-refractivity contribution is 0.101. The van der Waals surface area contributed by atoms with Crippen LogP contribution < -0.4 is 9.06 Å². The molecule has 0 atom stereocenters. The third kappa shape index (κ3) is 10.5. The Morgan fingerprint density at radius 3 is 0.887 bits per heavy atom. The molecule has 80 heavy (non-hydrogen) atoms. The Labute approximate surface area is 488 Å². The Hall–Kier alpha value is -5.90. The molecule has 4 aromatic carbocycles. The second kappa shape index (κ2) is 22.5. The molecule has 8 heteroatoms. The molecule has 0 saturated carbocycles. The number of benzene rings is 4. The minimum Gasteiger partial charge on any atom is -0.288 e. The maximum Gasteiger partial charge on any atom is 0.199 e. The van der Waals surface area contributed by atoms with Gasteiger partial charge in [-0.2, -0.15) is 0 Å². The van der Waals surface area contributed by atoms with E-state index < -0.39 is 0 Å². The number of fused-ring (bicyclic) bond motifs is 2. The van der Waals surface area contributed by atoms with Crippen LogP contribution in [-0.4, -0.2) is 23.1 Å². The Kier molecular flexibility index (Phi) is 16.1. The first-order chi connectivity index (χ1) is 37.9. The van der Waals surface area contributed by atoms with Crippen molar-refractivity contribution in [1.29, 1.82) is 0 Å². The summed E-state index contributed by atoms with van der Waals surface area (Å²) in [5.74, 6) is 1.67. The van der Waals surface area contributed by atoms with Gasteiger partial charge in [0.1, 0.15) is 0 Å². The first-order valence-corrected chi connectivity index (χ1v) is 32.2. The van der Waals surface area contributed by atoms with Crippen molar-refractivity contribution in [1.82, 2.24) is 0 Å². The van der Waals surface area contributed by atoms with E-state index in [0.29, 0.717) is 66.8 Å². The maximum atomic E-state index is 14.2. The van der Waals surface area contributed by atoms with Crippen molar-refractivity contribution in [3.63, 3.8) is 0 Å². The van der Waals surface area contributed by atoms with Crippen molar-refractivity contribution < 1.29 is 19.2 Å². The summed E-state index contributed by atoms with van der Waals surface area (Å²) in [7, 11) is 0. The zero-order valence-corrected chi connectivity index (χ0v) is 52.8. The number of rotatable bonds is 12. The maximum absolute atomic E-state index is 14.2. The molecular formula is C72H76O4S4. The van der Waals surface area contributed by atoms with E-state index in [1.165, 1.54) is 87.4 Å². The fraction of sp³-hybridized carbons (Fsp3) is 0.361. The molecule has 0 amide bonds. The summed E-state index contributed by atoms with van der Waals surface area (Å²) in [6.07, 6.45) is 1.47. The molecule has 8 aromatic rings. The molecule has 2 aliphatic rings. The molecule has 4 aromatic heterocycles. The van der Waals surface area contributed by atoms with Crippen LogP contribution in [0.25, 0.3) is 11.1 Å². The molecule has 0 bridgehead atoms. The number of ketones is 4. The molecule has 2 aliphatic carbocycles. The topological polar surface area (TPSA) is 68.3 Å². The predicted octanol–water partition coefficient (Wildman–Crippen LogP) is 18.4. The highest BCUT2D eigenvalue weighted by Crippen LogP contribution is 2.39. The average Bonchev–Trinajstić information content (AvgIpc) is 4.29. The second-order valence-corrected chi connectivity index (χ2v) is 29.2. The standard InChI is InChI=1S/C72H76O4S4/c1-35(2)43-17-19-49-57(25-43)69(75)65(67(49)73)61-23-21-59(77-61)63-33-47(31-55-51(39(9)10)27-45(37(5)6)28-52(55)40(11)12)71(79-63)72-48(32-56-53(41(13)14)29-46(38(7)8)30-54(56)42(15)16)34-64(80-72)60-22-24-62(78-60)66-68(74)50-20-18-44(36(3)4)26-58(50)70(66)76/h17-30,33-42H,31-32H2,1-16H3/b63-59+,64-60+,65-61+,66-62+,72-71+. The van der Waals surface area contributed by atoms with Crippen molar-refractivity contribution in [3.05, 3.63) is 222 Å². The second-order valence-electron chi connectivity index (χ2n) is 24.9. The largest absolute Gasteiger partial charge is 0.288 e. The van der Waals surface area contributed by atoms with Crippen LogP contribution in [0.4, 0.5) is 0 Å². The summed E-state index contributed by atoms with van der Waals surface area (Å²) in [5.41, 5.74) is 18.1. The summed E-state index contributed by atoms with van der Waals surface area (Å²) >= 11 is 6.67. The van der Waals surface area contributed by atoms with Crippen molar-refractivity contribution in [2.45, 2.75) is 171 Å². The number of thiophene rings is 4. The van der Waals surface area contributed by atoms with Gasteiger partial charge in [0, 0.05) is 58.5 Å². The van der Waals surface area contributed by atoms with Gasteiger partial charge in [-0.3, -0.25) is 19.2 Å². The summed E-state index contributed by atoms with van der Waals surface area (Å²) < 4.78 is 8.06. The Morgan fingerprint density at radius 1 is 0.287 bits per heavy atom. The molecule has 0 N–H and O–H groups in total. The van der Waals surface area contributed by atoms with Crippen LogP contribution in [0.15, 0.2) is 97.1 Å². The third-order valence-corrected chi connectivity index (χ3v) is 21.7. The van der Waals surface area contributed by atoms with E-state index in [0.717, 1.165) is 42.1 Å². The van der Waals surface area contributed by atoms with Crippen LogP contribution in [-0.2, 0) is 12.8 Å². The first-order valence-electron chi connectivity index (χ1n) is 28.9. The highest BCUT2D eigenvalue weighted by atomic mass is 32.1. The van der Waals surface area contributed by atoms with Crippen molar-refractivity contribution in [2.24, 2.45) is 0 Å². The highest BCUT2D eigenvalue weighted by molar-refractivity contribution is 7.14. The molecule has 0 spiro atoms. The van der Waals surface area contributed by atoms with Gasteiger partial charge in [0.2, 0.25) is 0 Å². The van der Waals surface area contributed by atoms with Gasteiger partial charge in [-0.1, -0.05) is 159 Å². The van der Waals surface area contributed by atoms with E-state index in [1.807, 2.05) is 48.5 Å². The van der Waals surface area contributed by atoms with E-state index in [2.05, 4.69) is 159 Å². The fourth-order valence-electron chi connectivity index (χ4n) is 11.8. The molecule has 412 valence electrons. The quantitative estimate of drug-likeness (QED) is 0.122. The van der Waals surface area contributed by atoms with E-state index in [9.17, 15) is 19.2 Å². The van der Waals surface area contributed by atoms with Gasteiger partial charge in [0.15, 0.2) is 23.1 Å². The minimum atomic E-state index is -0.200. The lowest BCUT2D eigenvalue weighted by atomic mass is 9.82. The first kappa shape index (κ1) is 57.3. The molecule has 4 nitrogen and oxygen atoms in total. The Morgan fingerprint density at radius 2 is 0.588 bits per heavy atom. The summed E-state index contributed by atoms with van der Waals surface area (Å²) in [4.78, 5) is 56.7. The monoisotopic (exact) mass is 1130 g/mol. The van der Waals surface area contributed by atoms with E-state index in [4.69, 9.17) is 0 Å². The lowest BCUT2D eigenvalue weighted by Crippen LogP contribution is -2.10. The zero-order valence-electron chi connectivity index (χ0n) is 49.5. The molecule has 0 unspecified atom stereocenters. The molecular weight excluding hydrogens is 1060 g/mol. The number of hydrogen-bond acceptors (Lipinski definition) is 8. The van der Waals surface area contributed by atoms with Gasteiger partial charge < -0.3 is 0 Å². The van der Waals surface area contributed by atoms with E-state index in [1.54, 1.807) is 22.7 Å². The van der Waals surface area contributed by atoms with Crippen molar-refractivity contribution in [3.8, 4) is 0 Å². The van der Waals surface area contributed by atoms with Crippen LogP contribution in [0.1, 0.15) is 266 Å². The molecule has 0 aliphatic heterocycles. The SMILES string of the molecule is CC(C)c1ccc2c(c1)C(=O)/C(=c1\cc/c(=c3/cc(Cc4c(C(C)C)cc(C(C)C)cc4C(C)C)/c(=c4\s/c(=c5\cc/c(=C6/C(=O)c7ccc(C(C)C)cc7C6=O)s5)cc4Cc4c(C(C)C)cc(C(C)C)cc4C(C)C)s3)s1)C2=O. The smallest absolute Gasteiger partial charge is 0.199 e. The van der Waals surface area contributed by atoms with Crippen LogP contribution in [0.3, 0.4) is 0 Å². The summed E-state index contributed by atoms with van der Waals surface area (Å²) in [5, 5.41) is 0. The van der Waals surface area contributed by atoms with Gasteiger partial charge in [-0.05, 0) is 175 Å². The number of Topliss-reactive ketones (excluding diaryl/α,β-unsaturated/α-hetero) is 4. The van der Waals surface area contributed by atoms with Gasteiger partial charge in [-0.25, -0.2) is 0 Å². The predicted molar refractivity (Wildman–Crippen MR) is 338 cm³/mol. The van der Waals surface area contributed by atoms with E-state index >= 15 is 0 Å². The van der Waals surface area contributed by atoms with Gasteiger partial charge >= 0.3 is 0 Å². The van der Waals surface area contributed by atoms with Crippen LogP contribution in [0.5, 0.6) is 0 Å². The fourth-order valence-corrected chi connectivity index (χ4v) is 16.6. The van der Waals surface area contributed by atoms with Gasteiger partial charge in [0.05, 0.1) is 11.1 Å². The van der Waals surface area contributed by atoms with Crippen LogP contribution in [0.2, 0.25) is 0 Å². The lowest BCUT2D eigenvalue weighted by Gasteiger charge is -2.23. The molecule has 0 saturated heterocycles. The van der Waals surface area contributed by atoms with Crippen LogP contribution >= 0.6 is 45.3 Å². The van der Waals surface area contributed by atoms with Crippen LogP contribution in [0, 0.1) is 27.2 Å².